The van der Waals surface area contributed by atoms with Gasteiger partial charge in [0.1, 0.15) is 0 Å². The Balaban J connectivity index is 2.10. The molecule has 1 atom stereocenters. The van der Waals surface area contributed by atoms with Crippen LogP contribution < -0.4 is 10.2 Å². The zero-order valence-corrected chi connectivity index (χ0v) is 9.58. The summed E-state index contributed by atoms with van der Waals surface area (Å²) in [5.74, 6) is 1.03. The summed E-state index contributed by atoms with van der Waals surface area (Å²) in [4.78, 5) is 10.1. The van der Waals surface area contributed by atoms with Crippen molar-refractivity contribution in [3.63, 3.8) is 0 Å². The van der Waals surface area contributed by atoms with Crippen LogP contribution in [0.15, 0.2) is 6.20 Å². The number of hydrogen-bond donors (Lipinski definition) is 2. The van der Waals surface area contributed by atoms with E-state index in [1.54, 1.807) is 0 Å². The lowest BCUT2D eigenvalue weighted by molar-refractivity contribution is 0.441. The Kier molecular flexibility index (Phi) is 3.26. The summed E-state index contributed by atoms with van der Waals surface area (Å²) in [6.07, 6.45) is 5.78. The normalized spacial score (nSPS) is 22.0. The summed E-state index contributed by atoms with van der Waals surface area (Å²) in [7, 11) is 2.01. The van der Waals surface area contributed by atoms with Crippen molar-refractivity contribution < 1.29 is 0 Å². The second-order valence-electron chi connectivity index (χ2n) is 4.29. The Morgan fingerprint density at radius 2 is 2.47 bits per heavy atom. The van der Waals surface area contributed by atoms with Gasteiger partial charge >= 0.3 is 0 Å². The van der Waals surface area contributed by atoms with E-state index in [0.29, 0.717) is 6.04 Å². The molecule has 4 nitrogen and oxygen atoms in total. The van der Waals surface area contributed by atoms with E-state index in [4.69, 9.17) is 0 Å². The summed E-state index contributed by atoms with van der Waals surface area (Å²) in [6.45, 7) is 4.21. The number of hydrogen-bond acceptors (Lipinski definition) is 3. The summed E-state index contributed by atoms with van der Waals surface area (Å²) in [5, 5.41) is 3.26. The fourth-order valence-electron chi connectivity index (χ4n) is 2.27. The minimum atomic E-state index is 0.592. The summed E-state index contributed by atoms with van der Waals surface area (Å²) < 4.78 is 0. The molecule has 0 aromatic carbocycles. The first kappa shape index (κ1) is 10.5. The first-order valence-electron chi connectivity index (χ1n) is 5.74. The highest BCUT2D eigenvalue weighted by Gasteiger charge is 2.23. The van der Waals surface area contributed by atoms with Gasteiger partial charge in [0.2, 0.25) is 5.95 Å². The monoisotopic (exact) mass is 208 g/mol. The van der Waals surface area contributed by atoms with Gasteiger partial charge in [0, 0.05) is 31.0 Å². The maximum Gasteiger partial charge on any atom is 0.203 e. The van der Waals surface area contributed by atoms with E-state index in [0.717, 1.165) is 24.7 Å². The standard InChI is InChI=1S/C11H20N4/c1-9-7-13-11(14-9)15-6-4-3-5-10(15)8-12-2/h7,10,12H,3-6,8H2,1-2H3,(H,13,14). The predicted molar refractivity (Wildman–Crippen MR) is 62.2 cm³/mol. The molecule has 0 saturated carbocycles. The number of imidazole rings is 1. The topological polar surface area (TPSA) is 44.0 Å². The highest BCUT2D eigenvalue weighted by molar-refractivity contribution is 5.33. The number of nitrogens with zero attached hydrogens (tertiary/aromatic N) is 2. The third kappa shape index (κ3) is 2.31. The van der Waals surface area contributed by atoms with Gasteiger partial charge in [-0.2, -0.15) is 0 Å². The Hall–Kier alpha value is -1.03. The van der Waals surface area contributed by atoms with E-state index >= 15 is 0 Å². The number of anilines is 1. The Morgan fingerprint density at radius 3 is 3.13 bits per heavy atom. The smallest absolute Gasteiger partial charge is 0.203 e. The number of aromatic amines is 1. The van der Waals surface area contributed by atoms with Crippen LogP contribution in [0.1, 0.15) is 25.0 Å². The molecule has 0 amide bonds. The largest absolute Gasteiger partial charge is 0.338 e. The maximum atomic E-state index is 4.41. The van der Waals surface area contributed by atoms with Crippen molar-refractivity contribution >= 4 is 5.95 Å². The zero-order valence-electron chi connectivity index (χ0n) is 9.58. The number of likely N-dealkylation sites (N-methyl/N-ethyl adjacent to an activating group) is 1. The van der Waals surface area contributed by atoms with E-state index in [2.05, 4.69) is 20.2 Å². The van der Waals surface area contributed by atoms with Gasteiger partial charge in [0.05, 0.1) is 0 Å². The highest BCUT2D eigenvalue weighted by atomic mass is 15.3. The van der Waals surface area contributed by atoms with Crippen molar-refractivity contribution in [1.29, 1.82) is 0 Å². The van der Waals surface area contributed by atoms with E-state index < -0.39 is 0 Å². The second kappa shape index (κ2) is 4.66. The van der Waals surface area contributed by atoms with E-state index in [9.17, 15) is 0 Å². The van der Waals surface area contributed by atoms with Crippen molar-refractivity contribution in [2.24, 2.45) is 0 Å². The molecule has 15 heavy (non-hydrogen) atoms. The van der Waals surface area contributed by atoms with Gasteiger partial charge in [-0.3, -0.25) is 0 Å². The molecule has 2 rings (SSSR count). The number of nitrogens with one attached hydrogen (secondary N) is 2. The maximum absolute atomic E-state index is 4.41. The molecule has 0 aliphatic carbocycles. The summed E-state index contributed by atoms with van der Waals surface area (Å²) >= 11 is 0. The van der Waals surface area contributed by atoms with Crippen molar-refractivity contribution in [2.75, 3.05) is 25.0 Å². The van der Waals surface area contributed by atoms with Crippen LogP contribution in [0.3, 0.4) is 0 Å². The Labute approximate surface area is 91.1 Å². The van der Waals surface area contributed by atoms with Gasteiger partial charge in [-0.25, -0.2) is 4.98 Å². The number of H-pyrrole nitrogens is 1. The molecular weight excluding hydrogens is 188 g/mol. The van der Waals surface area contributed by atoms with Crippen LogP contribution in [-0.4, -0.2) is 36.1 Å². The van der Waals surface area contributed by atoms with Gasteiger partial charge in [0.25, 0.3) is 0 Å². The molecule has 0 bridgehead atoms. The number of rotatable bonds is 3. The van der Waals surface area contributed by atoms with Crippen LogP contribution in [0.2, 0.25) is 0 Å². The average Bonchev–Trinajstić information content (AvgIpc) is 2.66. The third-order valence-corrected chi connectivity index (χ3v) is 3.03. The molecule has 0 spiro atoms. The quantitative estimate of drug-likeness (QED) is 0.787. The molecule has 2 N–H and O–H groups in total. The SMILES string of the molecule is CNCC1CCCCN1c1ncc(C)[nH]1. The molecular formula is C11H20N4. The van der Waals surface area contributed by atoms with Gasteiger partial charge in [-0.15, -0.1) is 0 Å². The number of aromatic nitrogens is 2. The molecule has 1 unspecified atom stereocenters. The average molecular weight is 208 g/mol. The summed E-state index contributed by atoms with van der Waals surface area (Å²) in [5.41, 5.74) is 1.14. The lowest BCUT2D eigenvalue weighted by Gasteiger charge is -2.35. The molecule has 1 aliphatic heterocycles. The first-order valence-corrected chi connectivity index (χ1v) is 5.74. The van der Waals surface area contributed by atoms with Crippen LogP contribution >= 0.6 is 0 Å². The minimum Gasteiger partial charge on any atom is -0.338 e. The lowest BCUT2D eigenvalue weighted by atomic mass is 10.0. The molecule has 1 saturated heterocycles. The van der Waals surface area contributed by atoms with Crippen molar-refractivity contribution in [3.05, 3.63) is 11.9 Å². The fraction of sp³-hybridized carbons (Fsp3) is 0.727. The van der Waals surface area contributed by atoms with Crippen molar-refractivity contribution in [1.82, 2.24) is 15.3 Å². The number of piperidine rings is 1. The van der Waals surface area contributed by atoms with E-state index in [-0.39, 0.29) is 0 Å². The number of aryl methyl sites for hydroxylation is 1. The molecule has 1 aliphatic rings. The molecule has 1 fully saturated rings. The van der Waals surface area contributed by atoms with Gasteiger partial charge in [0.15, 0.2) is 0 Å². The van der Waals surface area contributed by atoms with Crippen molar-refractivity contribution in [2.45, 2.75) is 32.2 Å². The first-order chi connectivity index (χ1) is 7.31. The molecule has 2 heterocycles. The van der Waals surface area contributed by atoms with Crippen LogP contribution in [0.5, 0.6) is 0 Å². The van der Waals surface area contributed by atoms with Crippen LogP contribution in [0, 0.1) is 6.92 Å². The minimum absolute atomic E-state index is 0.592. The van der Waals surface area contributed by atoms with Gasteiger partial charge in [-0.05, 0) is 33.2 Å². The molecule has 4 heteroatoms. The van der Waals surface area contributed by atoms with E-state index in [1.807, 2.05) is 20.2 Å². The molecule has 84 valence electrons. The lowest BCUT2D eigenvalue weighted by Crippen LogP contribution is -2.45. The second-order valence-corrected chi connectivity index (χ2v) is 4.29. The van der Waals surface area contributed by atoms with Gasteiger partial charge < -0.3 is 15.2 Å². The molecule has 0 radical (unpaired) electrons. The van der Waals surface area contributed by atoms with E-state index in [1.165, 1.54) is 19.3 Å². The van der Waals surface area contributed by atoms with Gasteiger partial charge in [-0.1, -0.05) is 0 Å². The Bertz CT molecular complexity index is 305. The molecule has 1 aromatic heterocycles. The van der Waals surface area contributed by atoms with Crippen molar-refractivity contribution in [3.8, 4) is 0 Å². The van der Waals surface area contributed by atoms with Crippen LogP contribution in [0.4, 0.5) is 5.95 Å². The highest BCUT2D eigenvalue weighted by Crippen LogP contribution is 2.21. The zero-order chi connectivity index (χ0) is 10.7. The third-order valence-electron chi connectivity index (χ3n) is 3.03. The van der Waals surface area contributed by atoms with Crippen LogP contribution in [-0.2, 0) is 0 Å². The van der Waals surface area contributed by atoms with Crippen LogP contribution in [0.25, 0.3) is 0 Å². The predicted octanol–water partition coefficient (Wildman–Crippen LogP) is 1.30. The summed E-state index contributed by atoms with van der Waals surface area (Å²) in [6, 6.07) is 0.592. The molecule has 1 aromatic rings. The Morgan fingerprint density at radius 1 is 1.60 bits per heavy atom. The fourth-order valence-corrected chi connectivity index (χ4v) is 2.27.